The standard InChI is InChI=1S/C27H29FN2O7/c1-3-35-27(34)19-5-4-10-29(13-19)25(32)14-30-21-12-18(7-9-23(21)37-16-26(30)33)22(31)15-36-24-11-17(2)6-8-20(24)28/h6-9,11-12,19H,3-5,10,13-16H2,1-2H3. The van der Waals surface area contributed by atoms with Gasteiger partial charge in [0, 0.05) is 18.7 Å². The molecule has 4 rings (SSSR count). The highest BCUT2D eigenvalue weighted by Gasteiger charge is 2.33. The Labute approximate surface area is 214 Å². The molecule has 2 aliphatic heterocycles. The number of ketones is 1. The lowest BCUT2D eigenvalue weighted by Crippen LogP contribution is -2.49. The van der Waals surface area contributed by atoms with Crippen LogP contribution in [-0.2, 0) is 19.1 Å². The van der Waals surface area contributed by atoms with Crippen molar-refractivity contribution < 1.29 is 37.8 Å². The molecule has 2 aliphatic rings. The van der Waals surface area contributed by atoms with Crippen LogP contribution in [0, 0.1) is 18.7 Å². The summed E-state index contributed by atoms with van der Waals surface area (Å²) in [5.74, 6) is -2.14. The summed E-state index contributed by atoms with van der Waals surface area (Å²) in [4.78, 5) is 53.6. The largest absolute Gasteiger partial charge is 0.482 e. The number of anilines is 1. The lowest BCUT2D eigenvalue weighted by molar-refractivity contribution is -0.151. The number of Topliss-reactive ketones (excluding diaryl/α,β-unsaturated/α-hetero) is 1. The molecular formula is C27H29FN2O7. The summed E-state index contributed by atoms with van der Waals surface area (Å²) in [5.41, 5.74) is 1.30. The molecule has 37 heavy (non-hydrogen) atoms. The van der Waals surface area contributed by atoms with Gasteiger partial charge in [0.2, 0.25) is 5.91 Å². The van der Waals surface area contributed by atoms with E-state index in [0.717, 1.165) is 5.56 Å². The molecule has 2 aromatic carbocycles. The SMILES string of the molecule is CCOC(=O)C1CCCN(C(=O)CN2C(=O)COc3ccc(C(=O)COc4cc(C)ccc4F)cc32)C1. The first-order valence-corrected chi connectivity index (χ1v) is 12.2. The summed E-state index contributed by atoms with van der Waals surface area (Å²) in [6.07, 6.45) is 1.30. The van der Waals surface area contributed by atoms with Crippen molar-refractivity contribution in [2.24, 2.45) is 5.92 Å². The van der Waals surface area contributed by atoms with Crippen LogP contribution in [-0.4, -0.2) is 67.9 Å². The zero-order valence-corrected chi connectivity index (χ0v) is 20.8. The molecule has 9 nitrogen and oxygen atoms in total. The number of piperidine rings is 1. The highest BCUT2D eigenvalue weighted by molar-refractivity contribution is 6.04. The summed E-state index contributed by atoms with van der Waals surface area (Å²) in [6, 6.07) is 8.92. The summed E-state index contributed by atoms with van der Waals surface area (Å²) in [5, 5.41) is 0. The fourth-order valence-corrected chi connectivity index (χ4v) is 4.39. The molecule has 1 fully saturated rings. The highest BCUT2D eigenvalue weighted by atomic mass is 19.1. The van der Waals surface area contributed by atoms with Gasteiger partial charge in [-0.3, -0.25) is 24.1 Å². The number of amides is 2. The molecule has 2 amide bonds. The highest BCUT2D eigenvalue weighted by Crippen LogP contribution is 2.33. The second kappa shape index (κ2) is 11.4. The van der Waals surface area contributed by atoms with Crippen molar-refractivity contribution in [1.29, 1.82) is 0 Å². The number of fused-ring (bicyclic) bond motifs is 1. The molecule has 2 heterocycles. The Morgan fingerprint density at radius 1 is 1.16 bits per heavy atom. The van der Waals surface area contributed by atoms with Gasteiger partial charge >= 0.3 is 5.97 Å². The number of ether oxygens (including phenoxy) is 3. The van der Waals surface area contributed by atoms with E-state index in [-0.39, 0.29) is 55.2 Å². The van der Waals surface area contributed by atoms with Gasteiger partial charge in [0.1, 0.15) is 12.3 Å². The number of hydrogen-bond donors (Lipinski definition) is 0. The zero-order chi connectivity index (χ0) is 26.5. The normalized spacial score (nSPS) is 17.1. The quantitative estimate of drug-likeness (QED) is 0.396. The van der Waals surface area contributed by atoms with Crippen LogP contribution in [0.4, 0.5) is 10.1 Å². The van der Waals surface area contributed by atoms with Crippen LogP contribution in [0.25, 0.3) is 0 Å². The van der Waals surface area contributed by atoms with Crippen molar-refractivity contribution in [3.05, 3.63) is 53.3 Å². The van der Waals surface area contributed by atoms with E-state index in [0.29, 0.717) is 25.1 Å². The Hall–Kier alpha value is -3.95. The average Bonchev–Trinajstić information content (AvgIpc) is 2.90. The van der Waals surface area contributed by atoms with Crippen LogP contribution in [0.1, 0.15) is 35.7 Å². The average molecular weight is 513 g/mol. The number of nitrogens with zero attached hydrogens (tertiary/aromatic N) is 2. The molecule has 1 atom stereocenters. The Balaban J connectivity index is 1.46. The number of benzene rings is 2. The van der Waals surface area contributed by atoms with E-state index in [1.165, 1.54) is 29.2 Å². The molecule has 0 radical (unpaired) electrons. The summed E-state index contributed by atoms with van der Waals surface area (Å²) >= 11 is 0. The van der Waals surface area contributed by atoms with E-state index < -0.39 is 30.0 Å². The minimum Gasteiger partial charge on any atom is -0.482 e. The second-order valence-electron chi connectivity index (χ2n) is 9.03. The number of carbonyl (C=O) groups excluding carboxylic acids is 4. The van der Waals surface area contributed by atoms with E-state index in [1.54, 1.807) is 30.9 Å². The van der Waals surface area contributed by atoms with Gasteiger partial charge in [0.05, 0.1) is 18.2 Å². The van der Waals surface area contributed by atoms with Gasteiger partial charge in [0.15, 0.2) is 30.6 Å². The summed E-state index contributed by atoms with van der Waals surface area (Å²) in [6.45, 7) is 3.59. The topological polar surface area (TPSA) is 102 Å². The van der Waals surface area contributed by atoms with Crippen LogP contribution < -0.4 is 14.4 Å². The van der Waals surface area contributed by atoms with Crippen molar-refractivity contribution in [2.75, 3.05) is 44.4 Å². The minimum atomic E-state index is -0.574. The smallest absolute Gasteiger partial charge is 0.310 e. The molecule has 0 aliphatic carbocycles. The van der Waals surface area contributed by atoms with Gasteiger partial charge in [-0.1, -0.05) is 6.07 Å². The molecule has 196 valence electrons. The lowest BCUT2D eigenvalue weighted by Gasteiger charge is -2.34. The predicted octanol–water partition coefficient (Wildman–Crippen LogP) is 2.92. The number of rotatable bonds is 8. The molecule has 2 aromatic rings. The van der Waals surface area contributed by atoms with Crippen molar-refractivity contribution in [3.63, 3.8) is 0 Å². The second-order valence-corrected chi connectivity index (χ2v) is 9.03. The fraction of sp³-hybridized carbons (Fsp3) is 0.407. The molecule has 0 bridgehead atoms. The maximum atomic E-state index is 14.0. The summed E-state index contributed by atoms with van der Waals surface area (Å²) in [7, 11) is 0. The molecule has 10 heteroatoms. The first-order valence-electron chi connectivity index (χ1n) is 12.2. The molecule has 0 aromatic heterocycles. The fourth-order valence-electron chi connectivity index (χ4n) is 4.39. The Morgan fingerprint density at radius 2 is 1.97 bits per heavy atom. The number of hydrogen-bond acceptors (Lipinski definition) is 7. The van der Waals surface area contributed by atoms with Crippen molar-refractivity contribution in [1.82, 2.24) is 4.90 Å². The zero-order valence-electron chi connectivity index (χ0n) is 20.8. The number of esters is 1. The maximum Gasteiger partial charge on any atom is 0.310 e. The van der Waals surface area contributed by atoms with E-state index in [1.807, 2.05) is 0 Å². The predicted molar refractivity (Wildman–Crippen MR) is 131 cm³/mol. The Bertz CT molecular complexity index is 1220. The number of aryl methyl sites for hydroxylation is 1. The van der Waals surface area contributed by atoms with Crippen LogP contribution in [0.5, 0.6) is 11.5 Å². The Kier molecular flexibility index (Phi) is 8.05. The van der Waals surface area contributed by atoms with Gasteiger partial charge in [-0.25, -0.2) is 4.39 Å². The van der Waals surface area contributed by atoms with Crippen LogP contribution in [0.3, 0.4) is 0 Å². The van der Waals surface area contributed by atoms with E-state index in [9.17, 15) is 23.6 Å². The first kappa shape index (κ1) is 26.1. The first-order chi connectivity index (χ1) is 17.8. The van der Waals surface area contributed by atoms with E-state index >= 15 is 0 Å². The maximum absolute atomic E-state index is 14.0. The van der Waals surface area contributed by atoms with Gasteiger partial charge in [-0.05, 0) is 62.6 Å². The number of likely N-dealkylation sites (tertiary alicyclic amines) is 1. The van der Waals surface area contributed by atoms with E-state index in [2.05, 4.69) is 0 Å². The number of carbonyl (C=O) groups is 4. The molecular weight excluding hydrogens is 483 g/mol. The summed E-state index contributed by atoms with van der Waals surface area (Å²) < 4.78 is 29.9. The molecule has 0 saturated carbocycles. The van der Waals surface area contributed by atoms with Crippen molar-refractivity contribution >= 4 is 29.3 Å². The molecule has 0 N–H and O–H groups in total. The van der Waals surface area contributed by atoms with Crippen molar-refractivity contribution in [2.45, 2.75) is 26.7 Å². The van der Waals surface area contributed by atoms with Crippen LogP contribution in [0.2, 0.25) is 0 Å². The van der Waals surface area contributed by atoms with E-state index in [4.69, 9.17) is 14.2 Å². The lowest BCUT2D eigenvalue weighted by atomic mass is 9.98. The third-order valence-corrected chi connectivity index (χ3v) is 6.36. The van der Waals surface area contributed by atoms with Gasteiger partial charge < -0.3 is 19.1 Å². The van der Waals surface area contributed by atoms with Crippen LogP contribution >= 0.6 is 0 Å². The third kappa shape index (κ3) is 6.07. The monoisotopic (exact) mass is 512 g/mol. The number of halogens is 1. The minimum absolute atomic E-state index is 0.0281. The van der Waals surface area contributed by atoms with Gasteiger partial charge in [-0.2, -0.15) is 0 Å². The molecule has 0 spiro atoms. The van der Waals surface area contributed by atoms with Crippen LogP contribution in [0.15, 0.2) is 36.4 Å². The van der Waals surface area contributed by atoms with Gasteiger partial charge in [0.25, 0.3) is 5.91 Å². The Morgan fingerprint density at radius 3 is 2.76 bits per heavy atom. The third-order valence-electron chi connectivity index (χ3n) is 6.36. The van der Waals surface area contributed by atoms with Crippen molar-refractivity contribution in [3.8, 4) is 11.5 Å². The molecule has 1 saturated heterocycles. The molecule has 1 unspecified atom stereocenters. The van der Waals surface area contributed by atoms with Gasteiger partial charge in [-0.15, -0.1) is 0 Å².